The lowest BCUT2D eigenvalue weighted by Gasteiger charge is -2.45. The predicted octanol–water partition coefficient (Wildman–Crippen LogP) is 25.6. The van der Waals surface area contributed by atoms with E-state index in [-0.39, 0.29) is 44.7 Å². The molecule has 4 heterocycles. The molecule has 0 bridgehead atoms. The molecule has 103 heavy (non-hydrogen) atoms. The summed E-state index contributed by atoms with van der Waals surface area (Å²) in [6.45, 7) is 34.1. The Bertz CT molecular complexity index is 6020. The van der Waals surface area contributed by atoms with E-state index in [1.807, 2.05) is 24.3 Å². The molecule has 0 N–H and O–H groups in total. The third-order valence-electron chi connectivity index (χ3n) is 21.8. The predicted molar refractivity (Wildman–Crippen MR) is 443 cm³/mol. The van der Waals surface area contributed by atoms with Gasteiger partial charge in [-0.05, 0) is 195 Å². The van der Waals surface area contributed by atoms with E-state index in [2.05, 4.69) is 337 Å². The molecule has 5 heteroatoms. The maximum Gasteiger partial charge on any atom is 0.252 e. The highest BCUT2D eigenvalue weighted by Gasteiger charge is 2.46. The van der Waals surface area contributed by atoms with Gasteiger partial charge in [-0.1, -0.05) is 298 Å². The molecule has 15 aromatic rings. The normalized spacial score (nSPS) is 14.0. The molecule has 0 amide bonds. The summed E-state index contributed by atoms with van der Waals surface area (Å²) in [5.41, 5.74) is 27.7. The van der Waals surface area contributed by atoms with Crippen molar-refractivity contribution in [3.05, 3.63) is 301 Å². The van der Waals surface area contributed by atoms with Gasteiger partial charge in [0.15, 0.2) is 0 Å². The summed E-state index contributed by atoms with van der Waals surface area (Å²) in [6.07, 6.45) is 0. The van der Waals surface area contributed by atoms with Crippen LogP contribution in [0.5, 0.6) is 0 Å². The molecule has 506 valence electrons. The fourth-order valence-electron chi connectivity index (χ4n) is 16.0. The van der Waals surface area contributed by atoms with Gasteiger partial charge < -0.3 is 18.8 Å². The molecule has 0 radical (unpaired) electrons. The highest BCUT2D eigenvalue weighted by molar-refractivity contribution is 7.00. The quantitative estimate of drug-likeness (QED) is 0.142. The van der Waals surface area contributed by atoms with Crippen LogP contribution in [0.2, 0.25) is 0 Å². The van der Waals surface area contributed by atoms with E-state index in [0.717, 1.165) is 139 Å². The van der Waals surface area contributed by atoms with Gasteiger partial charge in [-0.2, -0.15) is 0 Å². The van der Waals surface area contributed by atoms with Gasteiger partial charge in [-0.25, -0.2) is 0 Å². The van der Waals surface area contributed by atoms with Crippen LogP contribution in [0, 0.1) is 0 Å². The SMILES string of the molecule is [2H]c1c([2H])c([2H])c(-c2ccc3c(c2)N(c2cc(-c4ccccc4)cc4oc5ccccc5c24)c2cc(-n4c5ccc(C(C)(C)C)cc5c5cc(C(C)(C)C)ccc54)cc4c2B3c2ccc(-c3cc(C(C)(C)C)cc(C(C)(C)C)c3)cc2N4c2c(-c3ccccc3)cc(C(C)(C)C)cc2-c2ccccc2)c([2H])c1[2H]. The van der Waals surface area contributed by atoms with Crippen LogP contribution in [-0.2, 0) is 27.1 Å². The van der Waals surface area contributed by atoms with Crippen molar-refractivity contribution in [3.8, 4) is 61.3 Å². The Labute approximate surface area is 616 Å². The number of anilines is 6. The summed E-state index contributed by atoms with van der Waals surface area (Å²) in [5, 5.41) is 4.17. The number of aromatic nitrogens is 1. The number of benzene rings is 13. The van der Waals surface area contributed by atoms with Crippen LogP contribution in [-0.4, -0.2) is 11.3 Å². The van der Waals surface area contributed by atoms with Crippen LogP contribution in [0.1, 0.15) is 139 Å². The van der Waals surface area contributed by atoms with Crippen molar-refractivity contribution >= 4 is 101 Å². The van der Waals surface area contributed by atoms with Gasteiger partial charge in [0.05, 0.1) is 40.3 Å². The molecule has 0 fully saturated rings. The van der Waals surface area contributed by atoms with Crippen LogP contribution in [0.25, 0.3) is 105 Å². The molecule has 0 atom stereocenters. The third-order valence-corrected chi connectivity index (χ3v) is 21.8. The van der Waals surface area contributed by atoms with Gasteiger partial charge in [0.2, 0.25) is 0 Å². The van der Waals surface area contributed by atoms with Gasteiger partial charge in [-0.15, -0.1) is 0 Å². The lowest BCUT2D eigenvalue weighted by molar-refractivity contribution is 0.569. The Balaban J connectivity index is 1.11. The highest BCUT2D eigenvalue weighted by atomic mass is 16.3. The van der Waals surface area contributed by atoms with E-state index in [4.69, 9.17) is 5.79 Å². The third kappa shape index (κ3) is 11.2. The Hall–Kier alpha value is -10.9. The molecule has 2 aliphatic rings. The Morgan fingerprint density at radius 2 is 0.757 bits per heavy atom. The number of hydrogen-bond acceptors (Lipinski definition) is 3. The molecule has 0 spiro atoms. The second kappa shape index (κ2) is 23.9. The lowest BCUT2D eigenvalue weighted by atomic mass is 9.33. The van der Waals surface area contributed by atoms with Crippen molar-refractivity contribution in [2.75, 3.05) is 9.80 Å². The van der Waals surface area contributed by atoms with Gasteiger partial charge in [0, 0.05) is 50.0 Å². The van der Waals surface area contributed by atoms with Crippen molar-refractivity contribution in [2.45, 2.75) is 131 Å². The minimum atomic E-state index is -0.458. The van der Waals surface area contributed by atoms with Crippen LogP contribution >= 0.6 is 0 Å². The number of fused-ring (bicyclic) bond motifs is 10. The number of rotatable bonds is 8. The number of hydrogen-bond donors (Lipinski definition) is 0. The molecule has 0 saturated carbocycles. The maximum atomic E-state index is 9.68. The first-order valence-corrected chi connectivity index (χ1v) is 36.5. The Morgan fingerprint density at radius 1 is 0.311 bits per heavy atom. The first-order valence-electron chi connectivity index (χ1n) is 39.0. The van der Waals surface area contributed by atoms with Crippen LogP contribution in [0.4, 0.5) is 34.1 Å². The van der Waals surface area contributed by atoms with Gasteiger partial charge >= 0.3 is 0 Å². The molecule has 17 rings (SSSR count). The van der Waals surface area contributed by atoms with Gasteiger partial charge in [-0.3, -0.25) is 0 Å². The van der Waals surface area contributed by atoms with E-state index in [1.54, 1.807) is 0 Å². The molecule has 0 aliphatic carbocycles. The number of nitrogens with zero attached hydrogens (tertiary/aromatic N) is 3. The summed E-state index contributed by atoms with van der Waals surface area (Å²) in [6, 6.07) is 88.2. The lowest BCUT2D eigenvalue weighted by Crippen LogP contribution is -2.61. The standard InChI is InChI=1S/C98H90BN3O/c1-94(2,3)69-42-46-82-78(55-69)79-56-70(95(4,5)6)43-47-83(79)100(82)74-59-87-92-88(60-74)102(93-76(63-34-24-18-25-35-63)57-73(98(13,14)15)58-77(93)64-36-26-19-27-37-64)85-51-66(67-48-71(96(7,8)9)54-72(49-67)97(10,11)12)41-45-81(85)99(92)80-44-40-65(61-30-20-16-21-31-61)50-84(80)101(87)86-52-68(62-32-22-17-23-33-62)53-90-91(86)75-38-28-29-39-89(75)103-90/h16-60H,1-15H3/i16D,20D,21D,30D,31D. The molecule has 0 saturated heterocycles. The van der Waals surface area contributed by atoms with Crippen molar-refractivity contribution < 1.29 is 11.3 Å². The molecule has 2 aromatic heterocycles. The second-order valence-corrected chi connectivity index (χ2v) is 33.9. The summed E-state index contributed by atoms with van der Waals surface area (Å²) >= 11 is 0. The zero-order valence-electron chi connectivity index (χ0n) is 66.9. The average molecular weight is 1340 g/mol. The average Bonchev–Trinajstić information content (AvgIpc) is 0.939. The van der Waals surface area contributed by atoms with Crippen molar-refractivity contribution in [1.82, 2.24) is 4.57 Å². The van der Waals surface area contributed by atoms with Crippen LogP contribution < -0.4 is 26.2 Å². The molecule has 2 aliphatic heterocycles. The molecular weight excluding hydrogens is 1250 g/mol. The smallest absolute Gasteiger partial charge is 0.252 e. The first kappa shape index (κ1) is 59.8. The molecule has 0 unspecified atom stereocenters. The van der Waals surface area contributed by atoms with Crippen molar-refractivity contribution in [1.29, 1.82) is 0 Å². The summed E-state index contributed by atoms with van der Waals surface area (Å²) in [4.78, 5) is 5.08. The summed E-state index contributed by atoms with van der Waals surface area (Å²) in [7, 11) is 0. The van der Waals surface area contributed by atoms with E-state index in [9.17, 15) is 5.48 Å². The van der Waals surface area contributed by atoms with Gasteiger partial charge in [0.25, 0.3) is 6.71 Å². The van der Waals surface area contributed by atoms with E-state index >= 15 is 0 Å². The maximum absolute atomic E-state index is 9.68. The number of furan rings is 1. The summed E-state index contributed by atoms with van der Waals surface area (Å²) in [5.74, 6) is 0. The fraction of sp³-hybridized carbons (Fsp3) is 0.204. The van der Waals surface area contributed by atoms with E-state index in [1.165, 1.54) is 27.8 Å². The zero-order valence-corrected chi connectivity index (χ0v) is 61.9. The molecular formula is C98H90BN3O. The fourth-order valence-corrected chi connectivity index (χ4v) is 16.0. The Kier molecular flexibility index (Phi) is 13.8. The van der Waals surface area contributed by atoms with Crippen LogP contribution in [0.15, 0.2) is 277 Å². The topological polar surface area (TPSA) is 24.6 Å². The van der Waals surface area contributed by atoms with Crippen molar-refractivity contribution in [2.24, 2.45) is 0 Å². The highest BCUT2D eigenvalue weighted by Crippen LogP contribution is 2.55. The minimum absolute atomic E-state index is 0.128. The monoisotopic (exact) mass is 1340 g/mol. The van der Waals surface area contributed by atoms with E-state index < -0.39 is 24.8 Å². The number of para-hydroxylation sites is 1. The van der Waals surface area contributed by atoms with E-state index in [0.29, 0.717) is 11.1 Å². The zero-order chi connectivity index (χ0) is 75.7. The second-order valence-electron chi connectivity index (χ2n) is 33.9. The Morgan fingerprint density at radius 3 is 1.28 bits per heavy atom. The van der Waals surface area contributed by atoms with Crippen molar-refractivity contribution in [3.63, 3.8) is 0 Å². The first-order chi connectivity index (χ1) is 51.3. The van der Waals surface area contributed by atoms with Crippen LogP contribution in [0.3, 0.4) is 0 Å². The minimum Gasteiger partial charge on any atom is -0.456 e. The van der Waals surface area contributed by atoms with Gasteiger partial charge in [0.1, 0.15) is 11.2 Å². The summed E-state index contributed by atoms with van der Waals surface area (Å²) < 4.78 is 56.2. The molecule has 13 aromatic carbocycles. The molecule has 4 nitrogen and oxygen atoms in total. The largest absolute Gasteiger partial charge is 0.456 e.